The molecule has 0 spiro atoms. The van der Waals surface area contributed by atoms with E-state index in [1.807, 2.05) is 18.9 Å². The number of ether oxygens (including phenoxy) is 1. The zero-order valence-electron chi connectivity index (χ0n) is 16.2. The molecule has 1 saturated heterocycles. The van der Waals surface area contributed by atoms with Crippen LogP contribution in [0, 0.1) is 5.41 Å². The normalized spacial score (nSPS) is 18.5. The summed E-state index contributed by atoms with van der Waals surface area (Å²) in [6.07, 6.45) is -0.517. The van der Waals surface area contributed by atoms with Crippen LogP contribution in [0.5, 0.6) is 5.75 Å². The molecule has 10 heteroatoms. The lowest BCUT2D eigenvalue weighted by Crippen LogP contribution is -2.63. The second kappa shape index (κ2) is 7.06. The molecule has 1 atom stereocenters. The fourth-order valence-electron chi connectivity index (χ4n) is 4.19. The van der Waals surface area contributed by atoms with Crippen molar-refractivity contribution in [2.75, 3.05) is 20.1 Å². The van der Waals surface area contributed by atoms with Crippen molar-refractivity contribution in [3.8, 4) is 17.1 Å². The van der Waals surface area contributed by atoms with Gasteiger partial charge in [-0.2, -0.15) is 4.98 Å². The van der Waals surface area contributed by atoms with Crippen molar-refractivity contribution in [2.24, 2.45) is 5.41 Å². The third-order valence-corrected chi connectivity index (χ3v) is 5.39. The first-order chi connectivity index (χ1) is 14.1. The molecule has 0 saturated carbocycles. The Kier molecular flexibility index (Phi) is 4.78. The summed E-state index contributed by atoms with van der Waals surface area (Å²) in [5.41, 5.74) is -0.674. The van der Waals surface area contributed by atoms with Gasteiger partial charge in [0.25, 0.3) is 0 Å². The molecule has 1 aromatic carbocycles. The second-order valence-corrected chi connectivity index (χ2v) is 7.73. The number of hydrogen-bond donors (Lipinski definition) is 1. The van der Waals surface area contributed by atoms with Gasteiger partial charge in [0.15, 0.2) is 0 Å². The summed E-state index contributed by atoms with van der Waals surface area (Å²) >= 11 is 0. The number of aliphatic hydroxyl groups is 1. The van der Waals surface area contributed by atoms with E-state index in [-0.39, 0.29) is 5.75 Å². The second-order valence-electron chi connectivity index (χ2n) is 7.73. The van der Waals surface area contributed by atoms with Crippen molar-refractivity contribution < 1.29 is 27.5 Å². The third kappa shape index (κ3) is 3.52. The van der Waals surface area contributed by atoms with Gasteiger partial charge in [-0.1, -0.05) is 24.2 Å². The van der Waals surface area contributed by atoms with Crippen LogP contribution in [-0.4, -0.2) is 51.6 Å². The van der Waals surface area contributed by atoms with Crippen molar-refractivity contribution in [3.05, 3.63) is 60.2 Å². The summed E-state index contributed by atoms with van der Waals surface area (Å²) in [6.45, 7) is 3.08. The van der Waals surface area contributed by atoms with Crippen molar-refractivity contribution in [1.29, 1.82) is 0 Å². The fraction of sp³-hybridized carbons (Fsp3) is 0.350. The molecule has 1 fully saturated rings. The summed E-state index contributed by atoms with van der Waals surface area (Å²) in [7, 11) is 1.93. The van der Waals surface area contributed by atoms with Gasteiger partial charge in [-0.3, -0.25) is 4.98 Å². The summed E-state index contributed by atoms with van der Waals surface area (Å²) in [5, 5.41) is 15.8. The highest BCUT2D eigenvalue weighted by Crippen LogP contribution is 2.50. The molecule has 3 aromatic rings. The van der Waals surface area contributed by atoms with Gasteiger partial charge in [0, 0.05) is 42.0 Å². The summed E-state index contributed by atoms with van der Waals surface area (Å²) in [6, 6.07) is 6.96. The van der Waals surface area contributed by atoms with E-state index in [4.69, 9.17) is 4.52 Å². The Hall–Kier alpha value is -2.98. The van der Waals surface area contributed by atoms with E-state index in [9.17, 15) is 18.3 Å². The van der Waals surface area contributed by atoms with E-state index in [1.54, 1.807) is 12.3 Å². The maximum Gasteiger partial charge on any atom is 0.573 e. The average Bonchev–Trinajstić information content (AvgIpc) is 3.20. The largest absolute Gasteiger partial charge is 0.573 e. The molecule has 1 aliphatic rings. The molecule has 30 heavy (non-hydrogen) atoms. The van der Waals surface area contributed by atoms with Crippen molar-refractivity contribution in [2.45, 2.75) is 18.9 Å². The van der Waals surface area contributed by atoms with Crippen LogP contribution in [-0.2, 0) is 5.60 Å². The minimum absolute atomic E-state index is 0.316. The van der Waals surface area contributed by atoms with E-state index in [0.717, 1.165) is 0 Å². The molecular formula is C20H19F3N4O3. The molecule has 1 N–H and O–H groups in total. The molecule has 158 valence electrons. The molecular weight excluding hydrogens is 401 g/mol. The maximum absolute atomic E-state index is 12.5. The Bertz CT molecular complexity index is 1020. The molecule has 4 rings (SSSR count). The van der Waals surface area contributed by atoms with Crippen LogP contribution in [0.25, 0.3) is 11.4 Å². The van der Waals surface area contributed by atoms with Crippen LogP contribution < -0.4 is 4.74 Å². The number of aromatic nitrogens is 3. The highest BCUT2D eigenvalue weighted by molar-refractivity contribution is 5.55. The van der Waals surface area contributed by atoms with Crippen molar-refractivity contribution in [1.82, 2.24) is 20.0 Å². The number of hydrogen-bond acceptors (Lipinski definition) is 7. The predicted octanol–water partition coefficient (Wildman–Crippen LogP) is 3.22. The molecule has 0 radical (unpaired) electrons. The smallest absolute Gasteiger partial charge is 0.406 e. The molecule has 2 aromatic heterocycles. The molecule has 3 heterocycles. The first-order valence-electron chi connectivity index (χ1n) is 9.10. The minimum Gasteiger partial charge on any atom is -0.406 e. The summed E-state index contributed by atoms with van der Waals surface area (Å²) in [4.78, 5) is 10.3. The zero-order chi connectivity index (χ0) is 21.6. The highest BCUT2D eigenvalue weighted by Gasteiger charge is 2.55. The number of halogens is 3. The number of likely N-dealkylation sites (tertiary alicyclic amines) is 1. The Morgan fingerprint density at radius 2 is 1.83 bits per heavy atom. The van der Waals surface area contributed by atoms with Crippen LogP contribution in [0.4, 0.5) is 13.2 Å². The van der Waals surface area contributed by atoms with Crippen molar-refractivity contribution >= 4 is 0 Å². The molecule has 0 amide bonds. The van der Waals surface area contributed by atoms with Crippen LogP contribution in [0.3, 0.4) is 0 Å². The summed E-state index contributed by atoms with van der Waals surface area (Å²) in [5.74, 6) is -0.0420. The van der Waals surface area contributed by atoms with Crippen molar-refractivity contribution in [3.63, 3.8) is 0 Å². The average molecular weight is 420 g/mol. The van der Waals surface area contributed by atoms with Crippen LogP contribution in [0.1, 0.15) is 18.1 Å². The lowest BCUT2D eigenvalue weighted by molar-refractivity contribution is -0.274. The Labute approximate surface area is 170 Å². The molecule has 0 unspecified atom stereocenters. The monoisotopic (exact) mass is 420 g/mol. The number of alkyl halides is 3. The minimum atomic E-state index is -4.79. The quantitative estimate of drug-likeness (QED) is 0.678. The molecule has 0 bridgehead atoms. The molecule has 0 aliphatic carbocycles. The van der Waals surface area contributed by atoms with Gasteiger partial charge in [0.2, 0.25) is 12.2 Å². The Morgan fingerprint density at radius 3 is 2.40 bits per heavy atom. The van der Waals surface area contributed by atoms with Crippen LogP contribution >= 0.6 is 0 Å². The Balaban J connectivity index is 1.78. The zero-order valence-corrected chi connectivity index (χ0v) is 16.2. The molecule has 7 nitrogen and oxygen atoms in total. The predicted molar refractivity (Wildman–Crippen MR) is 99.3 cm³/mol. The van der Waals surface area contributed by atoms with Gasteiger partial charge < -0.3 is 19.3 Å². The van der Waals surface area contributed by atoms with Gasteiger partial charge in [-0.05, 0) is 30.8 Å². The van der Waals surface area contributed by atoms with E-state index in [1.165, 1.54) is 36.9 Å². The third-order valence-electron chi connectivity index (χ3n) is 5.39. The van der Waals surface area contributed by atoms with Gasteiger partial charge in [0.05, 0.1) is 0 Å². The first-order valence-corrected chi connectivity index (χ1v) is 9.10. The van der Waals surface area contributed by atoms with Gasteiger partial charge in [-0.15, -0.1) is 13.2 Å². The van der Waals surface area contributed by atoms with Crippen LogP contribution in [0.15, 0.2) is 53.6 Å². The molecule has 1 aliphatic heterocycles. The standard InChI is InChI=1S/C20H19F3N4O3/c1-18(10-27(2)11-18)19(28,14-3-5-16(6-4-14)30-20(21,22)23)15-7-13(8-24-9-15)17-25-12-29-26-17/h3-9,12,28H,10-11H2,1-2H3/t19-/m0/s1. The topological polar surface area (TPSA) is 84.5 Å². The van der Waals surface area contributed by atoms with E-state index < -0.39 is 17.4 Å². The van der Waals surface area contributed by atoms with Gasteiger partial charge in [-0.25, -0.2) is 0 Å². The fourth-order valence-corrected chi connectivity index (χ4v) is 4.19. The maximum atomic E-state index is 12.5. The van der Waals surface area contributed by atoms with E-state index in [2.05, 4.69) is 19.9 Å². The number of benzene rings is 1. The lowest BCUT2D eigenvalue weighted by atomic mass is 9.62. The van der Waals surface area contributed by atoms with Gasteiger partial charge in [0.1, 0.15) is 11.4 Å². The highest BCUT2D eigenvalue weighted by atomic mass is 19.4. The number of rotatable bonds is 5. The summed E-state index contributed by atoms with van der Waals surface area (Å²) < 4.78 is 46.3. The van der Waals surface area contributed by atoms with E-state index in [0.29, 0.717) is 35.6 Å². The number of nitrogens with zero attached hydrogens (tertiary/aromatic N) is 4. The van der Waals surface area contributed by atoms with Crippen LogP contribution in [0.2, 0.25) is 0 Å². The van der Waals surface area contributed by atoms with Gasteiger partial charge >= 0.3 is 6.36 Å². The first kappa shape index (κ1) is 20.3. The SMILES string of the molecule is CN1CC(C)([C@](O)(c2ccc(OC(F)(F)F)cc2)c2cncc(-c3ncon3)c2)C1. The van der Waals surface area contributed by atoms with E-state index >= 15 is 0 Å². The Morgan fingerprint density at radius 1 is 1.13 bits per heavy atom. The lowest BCUT2D eigenvalue weighted by Gasteiger charge is -2.55. The number of pyridine rings is 1.